The minimum absolute atomic E-state index is 0.177. The minimum Gasteiger partial charge on any atom is -0.481 e. The van der Waals surface area contributed by atoms with Crippen molar-refractivity contribution < 1.29 is 14.7 Å². The number of nitrogens with zero attached hydrogens (tertiary/aromatic N) is 2. The summed E-state index contributed by atoms with van der Waals surface area (Å²) in [4.78, 5) is 23.6. The van der Waals surface area contributed by atoms with Gasteiger partial charge in [0, 0.05) is 19.3 Å². The number of rotatable bonds is 4. The molecule has 1 amide bonds. The Balaban J connectivity index is 2.02. The van der Waals surface area contributed by atoms with Crippen molar-refractivity contribution in [2.24, 2.45) is 12.5 Å². The van der Waals surface area contributed by atoms with E-state index >= 15 is 0 Å². The number of nitrogens with one attached hydrogen (secondary N) is 1. The molecule has 6 heteroatoms. The molecule has 6 nitrogen and oxygen atoms in total. The predicted octanol–water partition coefficient (Wildman–Crippen LogP) is 1.49. The summed E-state index contributed by atoms with van der Waals surface area (Å²) >= 11 is 0. The first-order chi connectivity index (χ1) is 9.44. The summed E-state index contributed by atoms with van der Waals surface area (Å²) in [7, 11) is 1.77. The molecule has 1 saturated carbocycles. The van der Waals surface area contributed by atoms with E-state index in [1.165, 1.54) is 0 Å². The zero-order valence-corrected chi connectivity index (χ0v) is 12.0. The van der Waals surface area contributed by atoms with Crippen molar-refractivity contribution in [3.63, 3.8) is 0 Å². The molecule has 0 saturated heterocycles. The fourth-order valence-corrected chi connectivity index (χ4v) is 2.71. The van der Waals surface area contributed by atoms with Gasteiger partial charge in [0.25, 0.3) is 5.91 Å². The van der Waals surface area contributed by atoms with Gasteiger partial charge in [0.2, 0.25) is 0 Å². The van der Waals surface area contributed by atoms with Gasteiger partial charge in [-0.25, -0.2) is 0 Å². The number of aryl methyl sites for hydroxylation is 2. The average Bonchev–Trinajstić information content (AvgIpc) is 2.77. The highest BCUT2D eigenvalue weighted by Crippen LogP contribution is 2.36. The molecule has 0 aromatic carbocycles. The molecule has 2 rings (SSSR count). The van der Waals surface area contributed by atoms with Gasteiger partial charge in [-0.05, 0) is 25.8 Å². The van der Waals surface area contributed by atoms with Crippen LogP contribution in [-0.4, -0.2) is 33.3 Å². The molecule has 0 unspecified atom stereocenters. The summed E-state index contributed by atoms with van der Waals surface area (Å²) < 4.78 is 1.63. The monoisotopic (exact) mass is 279 g/mol. The molecule has 1 aliphatic rings. The summed E-state index contributed by atoms with van der Waals surface area (Å²) in [5.74, 6) is -1.12. The van der Waals surface area contributed by atoms with Crippen LogP contribution in [0.1, 0.15) is 48.3 Å². The molecule has 0 bridgehead atoms. The number of hydrogen-bond donors (Lipinski definition) is 2. The Kier molecular flexibility index (Phi) is 4.11. The molecule has 0 spiro atoms. The Bertz CT molecular complexity index is 496. The largest absolute Gasteiger partial charge is 0.481 e. The van der Waals surface area contributed by atoms with Gasteiger partial charge in [0.05, 0.1) is 5.41 Å². The van der Waals surface area contributed by atoms with Gasteiger partial charge in [-0.2, -0.15) is 5.10 Å². The van der Waals surface area contributed by atoms with Crippen molar-refractivity contribution in [1.82, 2.24) is 15.1 Å². The Hall–Kier alpha value is -1.85. The average molecular weight is 279 g/mol. The number of carbonyl (C=O) groups is 2. The van der Waals surface area contributed by atoms with Crippen LogP contribution in [0.2, 0.25) is 0 Å². The van der Waals surface area contributed by atoms with Crippen LogP contribution < -0.4 is 5.32 Å². The third-order valence-electron chi connectivity index (χ3n) is 4.20. The number of aromatic nitrogens is 2. The van der Waals surface area contributed by atoms with E-state index in [0.717, 1.165) is 25.0 Å². The van der Waals surface area contributed by atoms with Gasteiger partial charge in [0.15, 0.2) is 0 Å². The van der Waals surface area contributed by atoms with Crippen molar-refractivity contribution in [3.05, 3.63) is 17.5 Å². The normalized spacial score (nSPS) is 17.7. The van der Waals surface area contributed by atoms with Gasteiger partial charge in [-0.15, -0.1) is 0 Å². The Morgan fingerprint density at radius 1 is 1.40 bits per heavy atom. The van der Waals surface area contributed by atoms with Crippen LogP contribution in [0.3, 0.4) is 0 Å². The van der Waals surface area contributed by atoms with E-state index in [2.05, 4.69) is 10.4 Å². The fourth-order valence-electron chi connectivity index (χ4n) is 2.71. The summed E-state index contributed by atoms with van der Waals surface area (Å²) in [5.41, 5.74) is 0.416. The van der Waals surface area contributed by atoms with Gasteiger partial charge >= 0.3 is 5.97 Å². The maximum absolute atomic E-state index is 12.0. The third kappa shape index (κ3) is 2.84. The molecular weight excluding hydrogens is 258 g/mol. The minimum atomic E-state index is -0.810. The first-order valence-corrected chi connectivity index (χ1v) is 6.97. The van der Waals surface area contributed by atoms with Crippen molar-refractivity contribution in [2.45, 2.75) is 39.0 Å². The van der Waals surface area contributed by atoms with E-state index in [9.17, 15) is 14.7 Å². The second-order valence-corrected chi connectivity index (χ2v) is 5.62. The third-order valence-corrected chi connectivity index (χ3v) is 4.20. The maximum Gasteiger partial charge on any atom is 0.311 e. The van der Waals surface area contributed by atoms with E-state index in [-0.39, 0.29) is 12.5 Å². The van der Waals surface area contributed by atoms with E-state index in [4.69, 9.17) is 0 Å². The Morgan fingerprint density at radius 3 is 2.55 bits per heavy atom. The molecule has 1 fully saturated rings. The lowest BCUT2D eigenvalue weighted by Crippen LogP contribution is -2.44. The van der Waals surface area contributed by atoms with Crippen LogP contribution in [0.5, 0.6) is 0 Å². The molecule has 1 aliphatic carbocycles. The lowest BCUT2D eigenvalue weighted by Gasteiger charge is -2.33. The molecule has 1 aromatic heterocycles. The Labute approximate surface area is 118 Å². The molecule has 20 heavy (non-hydrogen) atoms. The molecule has 110 valence electrons. The highest BCUT2D eigenvalue weighted by Gasteiger charge is 2.39. The molecular formula is C14H21N3O3. The molecule has 0 radical (unpaired) electrons. The molecule has 1 aromatic rings. The molecule has 1 heterocycles. The summed E-state index contributed by atoms with van der Waals surface area (Å²) in [6.45, 7) is 2.04. The SMILES string of the molecule is Cc1cc(C(=O)NCC2(C(=O)O)CCCCC2)nn1C. The number of carboxylic acids is 1. The molecule has 0 aliphatic heterocycles. The zero-order chi connectivity index (χ0) is 14.8. The van der Waals surface area contributed by atoms with Crippen molar-refractivity contribution in [1.29, 1.82) is 0 Å². The number of hydrogen-bond acceptors (Lipinski definition) is 3. The second-order valence-electron chi connectivity index (χ2n) is 5.62. The topological polar surface area (TPSA) is 84.2 Å². The summed E-state index contributed by atoms with van der Waals surface area (Å²) in [5, 5.41) is 16.3. The number of aliphatic carboxylic acids is 1. The lowest BCUT2D eigenvalue weighted by molar-refractivity contribution is -0.150. The highest BCUT2D eigenvalue weighted by atomic mass is 16.4. The van der Waals surface area contributed by atoms with E-state index < -0.39 is 11.4 Å². The van der Waals surface area contributed by atoms with Crippen molar-refractivity contribution in [2.75, 3.05) is 6.54 Å². The standard InChI is InChI=1S/C14H21N3O3/c1-10-8-11(16-17(10)2)12(18)15-9-14(13(19)20)6-4-3-5-7-14/h8H,3-7,9H2,1-2H3,(H,15,18)(H,19,20). The maximum atomic E-state index is 12.0. The number of amides is 1. The van der Waals surface area contributed by atoms with Crippen molar-refractivity contribution >= 4 is 11.9 Å². The van der Waals surface area contributed by atoms with Crippen molar-refractivity contribution in [3.8, 4) is 0 Å². The van der Waals surface area contributed by atoms with E-state index in [1.54, 1.807) is 17.8 Å². The quantitative estimate of drug-likeness (QED) is 0.874. The van der Waals surface area contributed by atoms with Crippen LogP contribution >= 0.6 is 0 Å². The van der Waals surface area contributed by atoms with Gasteiger partial charge in [-0.3, -0.25) is 14.3 Å². The van der Waals surface area contributed by atoms with Gasteiger partial charge in [-0.1, -0.05) is 19.3 Å². The van der Waals surface area contributed by atoms with Crippen LogP contribution in [-0.2, 0) is 11.8 Å². The lowest BCUT2D eigenvalue weighted by atomic mass is 9.74. The van der Waals surface area contributed by atoms with Gasteiger partial charge in [0.1, 0.15) is 5.69 Å². The van der Waals surface area contributed by atoms with Crippen LogP contribution in [0.15, 0.2) is 6.07 Å². The van der Waals surface area contributed by atoms with Crippen LogP contribution in [0.25, 0.3) is 0 Å². The Morgan fingerprint density at radius 2 is 2.05 bits per heavy atom. The number of carbonyl (C=O) groups excluding carboxylic acids is 1. The second kappa shape index (κ2) is 5.64. The van der Waals surface area contributed by atoms with Gasteiger partial charge < -0.3 is 10.4 Å². The summed E-state index contributed by atoms with van der Waals surface area (Å²) in [6, 6.07) is 1.70. The van der Waals surface area contributed by atoms with Crippen LogP contribution in [0, 0.1) is 12.3 Å². The van der Waals surface area contributed by atoms with E-state index in [0.29, 0.717) is 18.5 Å². The molecule has 0 atom stereocenters. The zero-order valence-electron chi connectivity index (χ0n) is 12.0. The first kappa shape index (κ1) is 14.6. The first-order valence-electron chi connectivity index (χ1n) is 6.97. The highest BCUT2D eigenvalue weighted by molar-refractivity contribution is 5.92. The smallest absolute Gasteiger partial charge is 0.311 e. The predicted molar refractivity (Wildman–Crippen MR) is 73.4 cm³/mol. The summed E-state index contributed by atoms with van der Waals surface area (Å²) in [6.07, 6.45) is 4.14. The fraction of sp³-hybridized carbons (Fsp3) is 0.643. The van der Waals surface area contributed by atoms with Crippen LogP contribution in [0.4, 0.5) is 0 Å². The number of carboxylic acid groups (broad SMARTS) is 1. The van der Waals surface area contributed by atoms with E-state index in [1.807, 2.05) is 6.92 Å². The molecule has 2 N–H and O–H groups in total.